The molecule has 0 saturated heterocycles. The third-order valence-electron chi connectivity index (χ3n) is 3.19. The first-order valence-electron chi connectivity index (χ1n) is 6.04. The average molecular weight is 249 g/mol. The maximum absolute atomic E-state index is 12.2. The zero-order valence-corrected chi connectivity index (χ0v) is 11.0. The molecule has 0 saturated carbocycles. The molecule has 1 aromatic rings. The van der Waals surface area contributed by atoms with Crippen molar-refractivity contribution in [1.82, 2.24) is 4.90 Å². The maximum Gasteiger partial charge on any atom is 0.326 e. The van der Waals surface area contributed by atoms with Crippen LogP contribution in [0.15, 0.2) is 30.3 Å². The van der Waals surface area contributed by atoms with Crippen LogP contribution >= 0.6 is 0 Å². The molecule has 4 nitrogen and oxygen atoms in total. The Morgan fingerprint density at radius 3 is 2.28 bits per heavy atom. The van der Waals surface area contributed by atoms with E-state index in [4.69, 9.17) is 0 Å². The summed E-state index contributed by atoms with van der Waals surface area (Å²) in [6, 6.07) is 7.94. The summed E-state index contributed by atoms with van der Waals surface area (Å²) in [6.45, 7) is 3.76. The lowest BCUT2D eigenvalue weighted by atomic mass is 9.97. The zero-order chi connectivity index (χ0) is 13.7. The van der Waals surface area contributed by atoms with E-state index in [1.807, 2.05) is 19.9 Å². The largest absolute Gasteiger partial charge is 0.480 e. The third-order valence-corrected chi connectivity index (χ3v) is 3.19. The van der Waals surface area contributed by atoms with Gasteiger partial charge in [-0.25, -0.2) is 4.79 Å². The second kappa shape index (κ2) is 6.19. The predicted octanol–water partition coefficient (Wildman–Crippen LogP) is 2.26. The fraction of sp³-hybridized carbons (Fsp3) is 0.429. The number of rotatable bonds is 5. The smallest absolute Gasteiger partial charge is 0.326 e. The van der Waals surface area contributed by atoms with E-state index in [9.17, 15) is 14.7 Å². The van der Waals surface area contributed by atoms with Crippen molar-refractivity contribution in [2.75, 3.05) is 7.05 Å². The number of nitrogens with zero attached hydrogens (tertiary/aromatic N) is 1. The summed E-state index contributed by atoms with van der Waals surface area (Å²) in [7, 11) is 1.54. The molecule has 98 valence electrons. The van der Waals surface area contributed by atoms with E-state index in [2.05, 4.69) is 0 Å². The minimum atomic E-state index is -0.962. The van der Waals surface area contributed by atoms with Crippen molar-refractivity contribution in [2.24, 2.45) is 5.92 Å². The predicted molar refractivity (Wildman–Crippen MR) is 69.4 cm³/mol. The molecule has 0 bridgehead atoms. The highest BCUT2D eigenvalue weighted by Gasteiger charge is 2.31. The molecule has 2 unspecified atom stereocenters. The van der Waals surface area contributed by atoms with Gasteiger partial charge in [0.1, 0.15) is 6.04 Å². The van der Waals surface area contributed by atoms with Crippen molar-refractivity contribution in [3.8, 4) is 0 Å². The fourth-order valence-corrected chi connectivity index (χ4v) is 1.92. The Kier molecular flexibility index (Phi) is 4.89. The second-order valence-corrected chi connectivity index (χ2v) is 4.45. The number of carbonyl (C=O) groups is 2. The first-order valence-corrected chi connectivity index (χ1v) is 6.04. The number of amides is 1. The molecule has 0 aliphatic heterocycles. The van der Waals surface area contributed by atoms with Crippen LogP contribution in [0.1, 0.15) is 30.6 Å². The number of carboxylic acid groups (broad SMARTS) is 1. The Morgan fingerprint density at radius 2 is 1.83 bits per heavy atom. The molecule has 0 spiro atoms. The maximum atomic E-state index is 12.2. The summed E-state index contributed by atoms with van der Waals surface area (Å²) in [5.41, 5.74) is 0.509. The van der Waals surface area contributed by atoms with Gasteiger partial charge in [0.05, 0.1) is 0 Å². The van der Waals surface area contributed by atoms with Crippen LogP contribution in [0.2, 0.25) is 0 Å². The van der Waals surface area contributed by atoms with Crippen molar-refractivity contribution in [1.29, 1.82) is 0 Å². The van der Waals surface area contributed by atoms with Crippen LogP contribution < -0.4 is 0 Å². The average Bonchev–Trinajstić information content (AvgIpc) is 2.38. The first-order chi connectivity index (χ1) is 8.49. The standard InChI is InChI=1S/C14H19NO3/c1-4-10(2)12(14(17)18)15(3)13(16)11-8-6-5-7-9-11/h5-10,12H,4H2,1-3H3,(H,17,18). The molecule has 2 atom stereocenters. The molecule has 4 heteroatoms. The van der Waals surface area contributed by atoms with Gasteiger partial charge < -0.3 is 10.0 Å². The van der Waals surface area contributed by atoms with E-state index in [0.717, 1.165) is 0 Å². The molecule has 0 fully saturated rings. The Bertz CT molecular complexity index is 416. The van der Waals surface area contributed by atoms with E-state index in [1.165, 1.54) is 4.90 Å². The lowest BCUT2D eigenvalue weighted by molar-refractivity contribution is -0.143. The number of carbonyl (C=O) groups excluding carboxylic acids is 1. The minimum Gasteiger partial charge on any atom is -0.480 e. The van der Waals surface area contributed by atoms with Gasteiger partial charge >= 0.3 is 5.97 Å². The quantitative estimate of drug-likeness (QED) is 0.870. The highest BCUT2D eigenvalue weighted by molar-refractivity contribution is 5.96. The van der Waals surface area contributed by atoms with E-state index in [1.54, 1.807) is 31.3 Å². The number of benzene rings is 1. The van der Waals surface area contributed by atoms with Crippen LogP contribution in [0.4, 0.5) is 0 Å². The lowest BCUT2D eigenvalue weighted by Crippen LogP contribution is -2.46. The summed E-state index contributed by atoms with van der Waals surface area (Å²) in [4.78, 5) is 24.8. The van der Waals surface area contributed by atoms with E-state index in [-0.39, 0.29) is 11.8 Å². The van der Waals surface area contributed by atoms with Crippen molar-refractivity contribution >= 4 is 11.9 Å². The van der Waals surface area contributed by atoms with Gasteiger partial charge in [-0.1, -0.05) is 38.5 Å². The molecule has 0 aromatic heterocycles. The van der Waals surface area contributed by atoms with Crippen LogP contribution in [-0.4, -0.2) is 35.0 Å². The molecule has 1 amide bonds. The van der Waals surface area contributed by atoms with E-state index in [0.29, 0.717) is 12.0 Å². The van der Waals surface area contributed by atoms with Gasteiger partial charge in [-0.2, -0.15) is 0 Å². The summed E-state index contributed by atoms with van der Waals surface area (Å²) in [5.74, 6) is -1.31. The van der Waals surface area contributed by atoms with Gasteiger partial charge in [0.15, 0.2) is 0 Å². The van der Waals surface area contributed by atoms with Crippen molar-refractivity contribution < 1.29 is 14.7 Å². The summed E-state index contributed by atoms with van der Waals surface area (Å²) >= 11 is 0. The molecule has 1 N–H and O–H groups in total. The van der Waals surface area contributed by atoms with Crippen LogP contribution in [-0.2, 0) is 4.79 Å². The molecule has 1 aromatic carbocycles. The molecule has 0 radical (unpaired) electrons. The normalized spacial score (nSPS) is 13.7. The van der Waals surface area contributed by atoms with Gasteiger partial charge in [-0.3, -0.25) is 4.79 Å². The molecule has 1 rings (SSSR count). The lowest BCUT2D eigenvalue weighted by Gasteiger charge is -2.29. The molecule has 0 aliphatic carbocycles. The Balaban J connectivity index is 2.94. The summed E-state index contributed by atoms with van der Waals surface area (Å²) < 4.78 is 0. The van der Waals surface area contributed by atoms with Crippen LogP contribution in [0.3, 0.4) is 0 Å². The van der Waals surface area contributed by atoms with Crippen LogP contribution in [0.5, 0.6) is 0 Å². The van der Waals surface area contributed by atoms with E-state index >= 15 is 0 Å². The highest BCUT2D eigenvalue weighted by atomic mass is 16.4. The first kappa shape index (κ1) is 14.2. The number of hydrogen-bond donors (Lipinski definition) is 1. The SMILES string of the molecule is CCC(C)C(C(=O)O)N(C)C(=O)c1ccccc1. The Labute approximate surface area is 107 Å². The van der Waals surface area contributed by atoms with E-state index < -0.39 is 12.0 Å². The number of aliphatic carboxylic acids is 1. The number of hydrogen-bond acceptors (Lipinski definition) is 2. The second-order valence-electron chi connectivity index (χ2n) is 4.45. The van der Waals surface area contributed by atoms with Gasteiger partial charge in [0.25, 0.3) is 5.91 Å². The molecule has 0 aliphatic rings. The van der Waals surface area contributed by atoms with Gasteiger partial charge in [-0.05, 0) is 18.1 Å². The molecular weight excluding hydrogens is 230 g/mol. The highest BCUT2D eigenvalue weighted by Crippen LogP contribution is 2.16. The molecule has 18 heavy (non-hydrogen) atoms. The van der Waals surface area contributed by atoms with Gasteiger partial charge in [0, 0.05) is 12.6 Å². The van der Waals surface area contributed by atoms with Crippen molar-refractivity contribution in [3.63, 3.8) is 0 Å². The minimum absolute atomic E-state index is 0.0832. The topological polar surface area (TPSA) is 57.6 Å². The number of carboxylic acids is 1. The molecular formula is C14H19NO3. The fourth-order valence-electron chi connectivity index (χ4n) is 1.92. The number of likely N-dealkylation sites (N-methyl/N-ethyl adjacent to an activating group) is 1. The van der Waals surface area contributed by atoms with Crippen molar-refractivity contribution in [2.45, 2.75) is 26.3 Å². The van der Waals surface area contributed by atoms with Gasteiger partial charge in [0.2, 0.25) is 0 Å². The van der Waals surface area contributed by atoms with Gasteiger partial charge in [-0.15, -0.1) is 0 Å². The monoisotopic (exact) mass is 249 g/mol. The summed E-state index contributed by atoms with van der Waals surface area (Å²) in [5, 5.41) is 9.25. The molecule has 0 heterocycles. The Hall–Kier alpha value is -1.84. The van der Waals surface area contributed by atoms with Crippen LogP contribution in [0, 0.1) is 5.92 Å². The third kappa shape index (κ3) is 3.09. The van der Waals surface area contributed by atoms with Crippen molar-refractivity contribution in [3.05, 3.63) is 35.9 Å². The summed E-state index contributed by atoms with van der Waals surface area (Å²) in [6.07, 6.45) is 0.712. The van der Waals surface area contributed by atoms with Crippen LogP contribution in [0.25, 0.3) is 0 Å². The zero-order valence-electron chi connectivity index (χ0n) is 11.0. The Morgan fingerprint density at radius 1 is 1.28 bits per heavy atom.